The van der Waals surface area contributed by atoms with E-state index in [4.69, 9.17) is 4.74 Å². The zero-order chi connectivity index (χ0) is 16.3. The monoisotopic (exact) mass is 317 g/mol. The van der Waals surface area contributed by atoms with E-state index in [1.54, 1.807) is 7.11 Å². The van der Waals surface area contributed by atoms with Crippen molar-refractivity contribution in [2.24, 2.45) is 5.41 Å². The summed E-state index contributed by atoms with van der Waals surface area (Å²) in [6, 6.07) is 7.88. The van der Waals surface area contributed by atoms with Gasteiger partial charge < -0.3 is 14.7 Å². The smallest absolute Gasteiger partial charge is 0.222 e. The predicted molar refractivity (Wildman–Crippen MR) is 89.4 cm³/mol. The number of aryl methyl sites for hydroxylation is 1. The molecule has 1 N–H and O–H groups in total. The lowest BCUT2D eigenvalue weighted by molar-refractivity contribution is -0.136. The highest BCUT2D eigenvalue weighted by atomic mass is 16.5. The number of ether oxygens (including phenoxy) is 1. The van der Waals surface area contributed by atoms with Crippen LogP contribution in [0.5, 0.6) is 5.75 Å². The van der Waals surface area contributed by atoms with Gasteiger partial charge in [0.25, 0.3) is 0 Å². The summed E-state index contributed by atoms with van der Waals surface area (Å²) in [5, 5.41) is 10.3. The maximum atomic E-state index is 12.6. The summed E-state index contributed by atoms with van der Waals surface area (Å²) in [5.41, 5.74) is 1.05. The van der Waals surface area contributed by atoms with Crippen LogP contribution in [0.25, 0.3) is 0 Å². The maximum Gasteiger partial charge on any atom is 0.222 e. The molecule has 1 saturated heterocycles. The lowest BCUT2D eigenvalue weighted by Gasteiger charge is -2.42. The SMILES string of the molecule is COc1ccccc1CCC(=O)N1CCC[C@@]2(CCC[C@H]2O)C1. The van der Waals surface area contributed by atoms with Crippen molar-refractivity contribution in [3.63, 3.8) is 0 Å². The van der Waals surface area contributed by atoms with Gasteiger partial charge in [-0.2, -0.15) is 0 Å². The van der Waals surface area contributed by atoms with Gasteiger partial charge in [-0.15, -0.1) is 0 Å². The highest BCUT2D eigenvalue weighted by Crippen LogP contribution is 2.45. The molecule has 3 rings (SSSR count). The number of hydrogen-bond acceptors (Lipinski definition) is 3. The third-order valence-electron chi connectivity index (χ3n) is 5.62. The van der Waals surface area contributed by atoms with Crippen molar-refractivity contribution in [1.29, 1.82) is 0 Å². The first-order chi connectivity index (χ1) is 11.1. The van der Waals surface area contributed by atoms with Crippen molar-refractivity contribution in [3.8, 4) is 5.75 Å². The van der Waals surface area contributed by atoms with Crippen molar-refractivity contribution < 1.29 is 14.6 Å². The molecule has 1 saturated carbocycles. The Hall–Kier alpha value is -1.55. The van der Waals surface area contributed by atoms with Crippen LogP contribution in [-0.4, -0.2) is 42.2 Å². The fourth-order valence-corrected chi connectivity index (χ4v) is 4.28. The van der Waals surface area contributed by atoms with Crippen LogP contribution in [0.3, 0.4) is 0 Å². The number of aliphatic hydroxyl groups is 1. The van der Waals surface area contributed by atoms with E-state index in [1.165, 1.54) is 0 Å². The van der Waals surface area contributed by atoms with Crippen molar-refractivity contribution in [3.05, 3.63) is 29.8 Å². The van der Waals surface area contributed by atoms with Crippen LogP contribution in [0.15, 0.2) is 24.3 Å². The molecular weight excluding hydrogens is 290 g/mol. The largest absolute Gasteiger partial charge is 0.496 e. The van der Waals surface area contributed by atoms with Crippen molar-refractivity contribution in [2.45, 2.75) is 51.0 Å². The number of amides is 1. The molecule has 0 aromatic heterocycles. The number of carbonyl (C=O) groups excluding carboxylic acids is 1. The van der Waals surface area contributed by atoms with E-state index in [1.807, 2.05) is 29.2 Å². The van der Waals surface area contributed by atoms with Gasteiger partial charge in [-0.25, -0.2) is 0 Å². The van der Waals surface area contributed by atoms with Gasteiger partial charge in [0, 0.05) is 24.9 Å². The van der Waals surface area contributed by atoms with Crippen molar-refractivity contribution in [2.75, 3.05) is 20.2 Å². The number of piperidine rings is 1. The summed E-state index contributed by atoms with van der Waals surface area (Å²) in [6.45, 7) is 1.57. The van der Waals surface area contributed by atoms with E-state index in [-0.39, 0.29) is 17.4 Å². The number of likely N-dealkylation sites (tertiary alicyclic amines) is 1. The lowest BCUT2D eigenvalue weighted by Crippen LogP contribution is -2.49. The molecule has 1 spiro atoms. The minimum absolute atomic E-state index is 0.0294. The molecule has 2 atom stereocenters. The molecule has 2 fully saturated rings. The molecule has 1 aromatic rings. The van der Waals surface area contributed by atoms with Crippen LogP contribution in [-0.2, 0) is 11.2 Å². The first-order valence-electron chi connectivity index (χ1n) is 8.72. The van der Waals surface area contributed by atoms with Crippen LogP contribution in [0, 0.1) is 5.41 Å². The van der Waals surface area contributed by atoms with Gasteiger partial charge in [0.15, 0.2) is 0 Å². The highest BCUT2D eigenvalue weighted by Gasteiger charge is 2.45. The zero-order valence-corrected chi connectivity index (χ0v) is 14.0. The third-order valence-corrected chi connectivity index (χ3v) is 5.62. The second kappa shape index (κ2) is 6.91. The molecule has 126 valence electrons. The molecule has 23 heavy (non-hydrogen) atoms. The summed E-state index contributed by atoms with van der Waals surface area (Å²) < 4.78 is 5.36. The summed E-state index contributed by atoms with van der Waals surface area (Å²) >= 11 is 0. The molecule has 0 radical (unpaired) electrons. The van der Waals surface area contributed by atoms with Crippen LogP contribution in [0.2, 0.25) is 0 Å². The summed E-state index contributed by atoms with van der Waals surface area (Å²) in [4.78, 5) is 14.6. The number of nitrogens with zero attached hydrogens (tertiary/aromatic N) is 1. The summed E-state index contributed by atoms with van der Waals surface area (Å²) in [5.74, 6) is 1.05. The van der Waals surface area contributed by atoms with Gasteiger partial charge in [0.1, 0.15) is 5.75 Å². The number of methoxy groups -OCH3 is 1. The molecular formula is C19H27NO3. The molecule has 1 aromatic carbocycles. The molecule has 1 amide bonds. The Morgan fingerprint density at radius 1 is 1.35 bits per heavy atom. The van der Waals surface area contributed by atoms with Gasteiger partial charge in [0.05, 0.1) is 13.2 Å². The van der Waals surface area contributed by atoms with Crippen LogP contribution in [0.4, 0.5) is 0 Å². The second-order valence-corrected chi connectivity index (χ2v) is 7.00. The van der Waals surface area contributed by atoms with E-state index in [0.717, 1.165) is 56.5 Å². The fraction of sp³-hybridized carbons (Fsp3) is 0.632. The quantitative estimate of drug-likeness (QED) is 0.929. The predicted octanol–water partition coefficient (Wildman–Crippen LogP) is 2.78. The molecule has 4 nitrogen and oxygen atoms in total. The molecule has 0 bridgehead atoms. The number of aliphatic hydroxyl groups excluding tert-OH is 1. The van der Waals surface area contributed by atoms with E-state index >= 15 is 0 Å². The fourth-order valence-electron chi connectivity index (χ4n) is 4.28. The zero-order valence-electron chi connectivity index (χ0n) is 14.0. The first kappa shape index (κ1) is 16.3. The number of benzene rings is 1. The average molecular weight is 317 g/mol. The van der Waals surface area contributed by atoms with Gasteiger partial charge in [-0.3, -0.25) is 4.79 Å². The Labute approximate surface area is 138 Å². The summed E-state index contributed by atoms with van der Waals surface area (Å²) in [6.07, 6.45) is 6.09. The Balaban J connectivity index is 1.60. The molecule has 4 heteroatoms. The molecule has 1 heterocycles. The van der Waals surface area contributed by atoms with E-state index in [9.17, 15) is 9.90 Å². The molecule has 2 aliphatic rings. The lowest BCUT2D eigenvalue weighted by atomic mass is 9.76. The third kappa shape index (κ3) is 3.37. The van der Waals surface area contributed by atoms with Gasteiger partial charge >= 0.3 is 0 Å². The standard InChI is InChI=1S/C19H27NO3/c1-23-16-7-3-2-6-15(16)9-10-18(22)20-13-5-12-19(14-20)11-4-8-17(19)21/h2-3,6-7,17,21H,4-5,8-14H2,1H3/t17-,19+/m1/s1. The maximum absolute atomic E-state index is 12.6. The average Bonchev–Trinajstić information content (AvgIpc) is 2.93. The first-order valence-corrected chi connectivity index (χ1v) is 8.72. The van der Waals surface area contributed by atoms with E-state index < -0.39 is 0 Å². The Kier molecular flexibility index (Phi) is 4.90. The number of para-hydroxylation sites is 1. The number of hydrogen-bond donors (Lipinski definition) is 1. The minimum Gasteiger partial charge on any atom is -0.496 e. The van der Waals surface area contributed by atoms with Gasteiger partial charge in [0.2, 0.25) is 5.91 Å². The summed E-state index contributed by atoms with van der Waals surface area (Å²) in [7, 11) is 1.66. The van der Waals surface area contributed by atoms with Crippen molar-refractivity contribution >= 4 is 5.91 Å². The molecule has 1 aliphatic carbocycles. The Morgan fingerprint density at radius 2 is 2.13 bits per heavy atom. The highest BCUT2D eigenvalue weighted by molar-refractivity contribution is 5.76. The molecule has 1 aliphatic heterocycles. The van der Waals surface area contributed by atoms with Crippen LogP contribution < -0.4 is 4.74 Å². The number of carbonyl (C=O) groups is 1. The normalized spacial score (nSPS) is 27.4. The van der Waals surface area contributed by atoms with Gasteiger partial charge in [-0.05, 0) is 43.7 Å². The Bertz CT molecular complexity index is 559. The second-order valence-electron chi connectivity index (χ2n) is 7.00. The Morgan fingerprint density at radius 3 is 2.87 bits per heavy atom. The molecule has 0 unspecified atom stereocenters. The van der Waals surface area contributed by atoms with E-state index in [0.29, 0.717) is 12.8 Å². The van der Waals surface area contributed by atoms with E-state index in [2.05, 4.69) is 0 Å². The van der Waals surface area contributed by atoms with Crippen LogP contribution in [0.1, 0.15) is 44.1 Å². The topological polar surface area (TPSA) is 49.8 Å². The van der Waals surface area contributed by atoms with Crippen LogP contribution >= 0.6 is 0 Å². The van der Waals surface area contributed by atoms with Crippen molar-refractivity contribution in [1.82, 2.24) is 4.90 Å². The van der Waals surface area contributed by atoms with Gasteiger partial charge in [-0.1, -0.05) is 24.6 Å². The minimum atomic E-state index is -0.229. The number of rotatable bonds is 4.